The molecule has 2 aliphatic rings. The molecule has 0 fully saturated rings. The van der Waals surface area contributed by atoms with Gasteiger partial charge in [0.05, 0.1) is 17.1 Å². The highest BCUT2D eigenvalue weighted by molar-refractivity contribution is 6.30. The number of aromatic nitrogens is 2. The van der Waals surface area contributed by atoms with Gasteiger partial charge >= 0.3 is 0 Å². The summed E-state index contributed by atoms with van der Waals surface area (Å²) in [6.45, 7) is 0. The van der Waals surface area contributed by atoms with E-state index in [1.54, 1.807) is 12.1 Å². The lowest BCUT2D eigenvalue weighted by atomic mass is 9.77. The Morgan fingerprint density at radius 2 is 1.81 bits per heavy atom. The molecule has 0 unspecified atom stereocenters. The average molecular weight is 444 g/mol. The van der Waals surface area contributed by atoms with Crippen LogP contribution in [-0.2, 0) is 4.79 Å². The zero-order valence-corrected chi connectivity index (χ0v) is 17.8. The second kappa shape index (κ2) is 7.31. The number of rotatable bonds is 2. The summed E-state index contributed by atoms with van der Waals surface area (Å²) < 4.78 is 17.0. The number of nitrogens with zero attached hydrogens (tertiary/aromatic N) is 2. The fourth-order valence-electron chi connectivity index (χ4n) is 5.01. The molecule has 0 bridgehead atoms. The molecule has 158 valence electrons. The van der Waals surface area contributed by atoms with E-state index in [-0.39, 0.29) is 17.5 Å². The molecule has 1 N–H and O–H groups in total. The van der Waals surface area contributed by atoms with Crippen molar-refractivity contribution in [2.75, 3.05) is 5.32 Å². The number of benzene rings is 3. The van der Waals surface area contributed by atoms with Crippen LogP contribution in [0.1, 0.15) is 35.9 Å². The zero-order chi connectivity index (χ0) is 21.8. The first-order chi connectivity index (χ1) is 15.6. The summed E-state index contributed by atoms with van der Waals surface area (Å²) >= 11 is 6.20. The van der Waals surface area contributed by atoms with Crippen molar-refractivity contribution in [2.24, 2.45) is 0 Å². The number of hydrogen-bond donors (Lipinski definition) is 1. The maximum Gasteiger partial charge on any atom is 0.209 e. The molecule has 6 rings (SSSR count). The molecule has 6 heteroatoms. The fourth-order valence-corrected chi connectivity index (χ4v) is 5.21. The number of para-hydroxylation sites is 2. The van der Waals surface area contributed by atoms with Crippen LogP contribution in [0.25, 0.3) is 11.0 Å². The van der Waals surface area contributed by atoms with Gasteiger partial charge in [0.1, 0.15) is 5.82 Å². The van der Waals surface area contributed by atoms with Crippen LogP contribution in [-0.4, -0.2) is 15.3 Å². The largest absolute Gasteiger partial charge is 0.329 e. The Morgan fingerprint density at radius 1 is 1.00 bits per heavy atom. The quantitative estimate of drug-likeness (QED) is 0.398. The van der Waals surface area contributed by atoms with Crippen LogP contribution in [0.15, 0.2) is 84.1 Å². The lowest BCUT2D eigenvalue weighted by Gasteiger charge is -2.36. The number of carbonyl (C=O) groups excluding carboxylic acids is 1. The first-order valence-electron chi connectivity index (χ1n) is 10.6. The van der Waals surface area contributed by atoms with E-state index in [0.717, 1.165) is 22.3 Å². The van der Waals surface area contributed by atoms with E-state index in [2.05, 4.69) is 5.32 Å². The predicted molar refractivity (Wildman–Crippen MR) is 123 cm³/mol. The molecule has 2 heterocycles. The number of Topliss-reactive ketones (excluding diaryl/α,β-unsaturated/α-hetero) is 1. The SMILES string of the molecule is O=C1C[C@@H](c2cccc(Cl)c2)CC2=C1[C@H](c1ccccc1F)n1c(nc3ccccc31)N2. The number of allylic oxidation sites excluding steroid dienone is 2. The van der Waals surface area contributed by atoms with Gasteiger partial charge in [-0.25, -0.2) is 9.37 Å². The first-order valence-corrected chi connectivity index (χ1v) is 11.0. The highest BCUT2D eigenvalue weighted by Crippen LogP contribution is 2.46. The van der Waals surface area contributed by atoms with Crippen LogP contribution < -0.4 is 5.32 Å². The summed E-state index contributed by atoms with van der Waals surface area (Å²) in [5.41, 5.74) is 4.59. The molecule has 0 saturated carbocycles. The normalized spacial score (nSPS) is 20.1. The van der Waals surface area contributed by atoms with Crippen LogP contribution in [0.2, 0.25) is 5.02 Å². The monoisotopic (exact) mass is 443 g/mol. The van der Waals surface area contributed by atoms with E-state index in [4.69, 9.17) is 16.6 Å². The fraction of sp³-hybridized carbons (Fsp3) is 0.154. The number of ketones is 1. The number of imidazole rings is 1. The molecule has 1 aliphatic carbocycles. The van der Waals surface area contributed by atoms with Crippen LogP contribution in [0.5, 0.6) is 0 Å². The second-order valence-electron chi connectivity index (χ2n) is 8.32. The minimum Gasteiger partial charge on any atom is -0.329 e. The summed E-state index contributed by atoms with van der Waals surface area (Å²) in [4.78, 5) is 18.3. The van der Waals surface area contributed by atoms with Gasteiger partial charge in [0.15, 0.2) is 5.78 Å². The molecule has 4 nitrogen and oxygen atoms in total. The second-order valence-corrected chi connectivity index (χ2v) is 8.76. The van der Waals surface area contributed by atoms with Gasteiger partial charge in [0.25, 0.3) is 0 Å². The summed E-state index contributed by atoms with van der Waals surface area (Å²) in [6, 6.07) is 21.5. The van der Waals surface area contributed by atoms with Gasteiger partial charge in [-0.3, -0.25) is 9.36 Å². The van der Waals surface area contributed by atoms with Crippen molar-refractivity contribution in [2.45, 2.75) is 24.8 Å². The molecule has 32 heavy (non-hydrogen) atoms. The van der Waals surface area contributed by atoms with Gasteiger partial charge < -0.3 is 5.32 Å². The molecule has 0 radical (unpaired) electrons. The minimum absolute atomic E-state index is 0.00430. The van der Waals surface area contributed by atoms with Crippen molar-refractivity contribution in [1.82, 2.24) is 9.55 Å². The lowest BCUT2D eigenvalue weighted by molar-refractivity contribution is -0.116. The zero-order valence-electron chi connectivity index (χ0n) is 17.1. The average Bonchev–Trinajstić information content (AvgIpc) is 3.16. The molecule has 0 amide bonds. The lowest BCUT2D eigenvalue weighted by Crippen LogP contribution is -2.33. The Bertz CT molecular complexity index is 1420. The highest BCUT2D eigenvalue weighted by Gasteiger charge is 2.40. The van der Waals surface area contributed by atoms with Crippen LogP contribution in [0, 0.1) is 5.82 Å². The molecular formula is C26H19ClFN3O. The van der Waals surface area contributed by atoms with Gasteiger partial charge in [0.2, 0.25) is 5.95 Å². The van der Waals surface area contributed by atoms with E-state index in [9.17, 15) is 4.79 Å². The van der Waals surface area contributed by atoms with Crippen molar-refractivity contribution in [3.63, 3.8) is 0 Å². The Kier molecular flexibility index (Phi) is 4.40. The Hall–Kier alpha value is -3.44. The molecule has 1 aromatic heterocycles. The summed E-state index contributed by atoms with van der Waals surface area (Å²) in [7, 11) is 0. The molecule has 3 aromatic carbocycles. The summed E-state index contributed by atoms with van der Waals surface area (Å²) in [5, 5.41) is 4.06. The van der Waals surface area contributed by atoms with E-state index in [1.165, 1.54) is 6.07 Å². The Labute approximate surface area is 189 Å². The van der Waals surface area contributed by atoms with Gasteiger partial charge in [-0.15, -0.1) is 0 Å². The van der Waals surface area contributed by atoms with Crippen molar-refractivity contribution in [1.29, 1.82) is 0 Å². The predicted octanol–water partition coefficient (Wildman–Crippen LogP) is 6.24. The summed E-state index contributed by atoms with van der Waals surface area (Å²) in [6.07, 6.45) is 0.989. The van der Waals surface area contributed by atoms with Crippen molar-refractivity contribution in [3.8, 4) is 0 Å². The standard InChI is InChI=1S/C26H19ClFN3O/c27-17-7-5-6-15(12-17)16-13-21-24(23(32)14-16)25(18-8-1-2-9-19(18)28)31-22-11-4-3-10-20(22)29-26(31)30-21/h1-12,16,25H,13-14H2,(H,29,30)/t16-,25-/m0/s1. The Balaban J connectivity index is 1.54. The third-order valence-corrected chi connectivity index (χ3v) is 6.65. The number of anilines is 1. The first kappa shape index (κ1) is 19.3. The Morgan fingerprint density at radius 3 is 2.66 bits per heavy atom. The van der Waals surface area contributed by atoms with E-state index in [0.29, 0.717) is 34.9 Å². The van der Waals surface area contributed by atoms with Crippen LogP contribution >= 0.6 is 11.6 Å². The topological polar surface area (TPSA) is 46.9 Å². The van der Waals surface area contributed by atoms with Crippen molar-refractivity contribution in [3.05, 3.63) is 106 Å². The maximum absolute atomic E-state index is 15.0. The van der Waals surface area contributed by atoms with Crippen LogP contribution in [0.4, 0.5) is 10.3 Å². The van der Waals surface area contributed by atoms with Gasteiger partial charge in [-0.2, -0.15) is 0 Å². The third kappa shape index (κ3) is 2.96. The molecule has 4 aromatic rings. The smallest absolute Gasteiger partial charge is 0.209 e. The number of hydrogen-bond acceptors (Lipinski definition) is 3. The molecule has 0 spiro atoms. The molecular weight excluding hydrogens is 425 g/mol. The number of carbonyl (C=O) groups is 1. The van der Waals surface area contributed by atoms with Gasteiger partial charge in [-0.1, -0.05) is 54.1 Å². The van der Waals surface area contributed by atoms with Crippen molar-refractivity contribution < 1.29 is 9.18 Å². The minimum atomic E-state index is -0.567. The van der Waals surface area contributed by atoms with Gasteiger partial charge in [0, 0.05) is 28.3 Å². The number of halogens is 2. The summed E-state index contributed by atoms with van der Waals surface area (Å²) in [5.74, 6) is 0.308. The number of fused-ring (bicyclic) bond motifs is 3. The van der Waals surface area contributed by atoms with Crippen LogP contribution in [0.3, 0.4) is 0 Å². The van der Waals surface area contributed by atoms with Gasteiger partial charge in [-0.05, 0) is 48.2 Å². The number of nitrogens with one attached hydrogen (secondary N) is 1. The van der Waals surface area contributed by atoms with Crippen molar-refractivity contribution >= 4 is 34.4 Å². The third-order valence-electron chi connectivity index (χ3n) is 6.42. The highest BCUT2D eigenvalue weighted by atomic mass is 35.5. The van der Waals surface area contributed by atoms with E-state index >= 15 is 4.39 Å². The maximum atomic E-state index is 15.0. The van der Waals surface area contributed by atoms with E-state index in [1.807, 2.05) is 59.2 Å². The molecule has 1 aliphatic heterocycles. The molecule has 0 saturated heterocycles. The molecule has 2 atom stereocenters. The van der Waals surface area contributed by atoms with E-state index < -0.39 is 6.04 Å².